The van der Waals surface area contributed by atoms with E-state index < -0.39 is 16.8 Å². The van der Waals surface area contributed by atoms with Crippen LogP contribution in [0.3, 0.4) is 0 Å². The maximum atomic E-state index is 12.7. The summed E-state index contributed by atoms with van der Waals surface area (Å²) < 4.78 is 11.5. The van der Waals surface area contributed by atoms with Gasteiger partial charge < -0.3 is 14.8 Å². The van der Waals surface area contributed by atoms with Gasteiger partial charge in [-0.05, 0) is 25.1 Å². The number of pyridine rings is 1. The summed E-state index contributed by atoms with van der Waals surface area (Å²) in [5.74, 6) is -1.19. The van der Waals surface area contributed by atoms with Crippen LogP contribution < -0.4 is 10.1 Å². The Balaban J connectivity index is 2.00. The molecule has 0 bridgehead atoms. The molecule has 0 aliphatic rings. The minimum Gasteiger partial charge on any atom is -0.490 e. The number of hydrogen-bond acceptors (Lipinski definition) is 7. The number of esters is 1. The molecule has 0 radical (unpaired) electrons. The van der Waals surface area contributed by atoms with Gasteiger partial charge in [-0.1, -0.05) is 6.07 Å². The molecule has 0 saturated heterocycles. The van der Waals surface area contributed by atoms with Crippen LogP contribution in [0.25, 0.3) is 5.65 Å². The number of hydrogen-bond donors (Lipinski definition) is 1. The molecule has 0 aliphatic carbocycles. The molecule has 10 heteroatoms. The number of anilines is 1. The van der Waals surface area contributed by atoms with Gasteiger partial charge in [0.05, 0.1) is 18.6 Å². The lowest BCUT2D eigenvalue weighted by Gasteiger charge is -2.08. The average molecular weight is 384 g/mol. The molecule has 1 aromatic carbocycles. The summed E-state index contributed by atoms with van der Waals surface area (Å²) in [4.78, 5) is 39.5. The number of nitrogens with one attached hydrogen (secondary N) is 1. The number of methoxy groups -OCH3 is 1. The molecule has 1 N–H and O–H groups in total. The van der Waals surface area contributed by atoms with Gasteiger partial charge in [0.2, 0.25) is 0 Å². The number of imidazole rings is 1. The number of ether oxygens (including phenoxy) is 2. The van der Waals surface area contributed by atoms with Crippen LogP contribution >= 0.6 is 0 Å². The largest absolute Gasteiger partial charge is 0.490 e. The van der Waals surface area contributed by atoms with Crippen molar-refractivity contribution in [2.75, 3.05) is 19.0 Å². The Morgan fingerprint density at radius 2 is 2.07 bits per heavy atom. The monoisotopic (exact) mass is 384 g/mol. The zero-order chi connectivity index (χ0) is 20.3. The number of nitrogens with zero attached hydrogens (tertiary/aromatic N) is 3. The SMILES string of the molecule is CCOC(=O)c1nc2ccccn2c1NC(=O)c1ccc([N+](=O)[O-])c(OC)c1. The fourth-order valence-corrected chi connectivity index (χ4v) is 2.61. The zero-order valence-electron chi connectivity index (χ0n) is 15.0. The smallest absolute Gasteiger partial charge is 0.360 e. The van der Waals surface area contributed by atoms with Crippen molar-refractivity contribution >= 4 is 29.0 Å². The van der Waals surface area contributed by atoms with Gasteiger partial charge in [0, 0.05) is 23.9 Å². The van der Waals surface area contributed by atoms with Crippen molar-refractivity contribution in [1.82, 2.24) is 9.38 Å². The van der Waals surface area contributed by atoms with Gasteiger partial charge in [-0.3, -0.25) is 19.3 Å². The van der Waals surface area contributed by atoms with Crippen molar-refractivity contribution < 1.29 is 24.0 Å². The number of fused-ring (bicyclic) bond motifs is 1. The Hall–Kier alpha value is -3.95. The highest BCUT2D eigenvalue weighted by atomic mass is 16.6. The summed E-state index contributed by atoms with van der Waals surface area (Å²) in [6.07, 6.45) is 1.64. The standard InChI is InChI=1S/C18H16N4O6/c1-3-28-18(24)15-16(21-9-5-4-6-14(21)19-15)20-17(23)11-7-8-12(22(25)26)13(10-11)27-2/h4-10H,3H2,1-2H3,(H,20,23). The summed E-state index contributed by atoms with van der Waals surface area (Å²) >= 11 is 0. The lowest BCUT2D eigenvalue weighted by Crippen LogP contribution is -2.17. The van der Waals surface area contributed by atoms with E-state index in [1.807, 2.05) is 0 Å². The molecule has 0 unspecified atom stereocenters. The first kappa shape index (κ1) is 18.8. The van der Waals surface area contributed by atoms with E-state index in [4.69, 9.17) is 9.47 Å². The highest BCUT2D eigenvalue weighted by Crippen LogP contribution is 2.28. The summed E-state index contributed by atoms with van der Waals surface area (Å²) in [6, 6.07) is 8.85. The van der Waals surface area contributed by atoms with E-state index in [2.05, 4.69) is 10.3 Å². The second kappa shape index (κ2) is 7.74. The Bertz CT molecular complexity index is 1080. The van der Waals surface area contributed by atoms with E-state index >= 15 is 0 Å². The molecule has 0 fully saturated rings. The summed E-state index contributed by atoms with van der Waals surface area (Å²) in [5, 5.41) is 13.6. The van der Waals surface area contributed by atoms with Crippen molar-refractivity contribution in [2.24, 2.45) is 0 Å². The quantitative estimate of drug-likeness (QED) is 0.393. The second-order valence-corrected chi connectivity index (χ2v) is 5.56. The molecule has 3 aromatic rings. The van der Waals surface area contributed by atoms with E-state index in [1.165, 1.54) is 29.7 Å². The van der Waals surface area contributed by atoms with Gasteiger partial charge in [0.15, 0.2) is 17.3 Å². The van der Waals surface area contributed by atoms with Gasteiger partial charge in [-0.2, -0.15) is 0 Å². The van der Waals surface area contributed by atoms with Crippen molar-refractivity contribution in [3.63, 3.8) is 0 Å². The Labute approximate surface area is 158 Å². The highest BCUT2D eigenvalue weighted by Gasteiger charge is 2.23. The lowest BCUT2D eigenvalue weighted by molar-refractivity contribution is -0.385. The van der Waals surface area contributed by atoms with Crippen LogP contribution in [0.4, 0.5) is 11.5 Å². The van der Waals surface area contributed by atoms with Crippen LogP contribution in [0, 0.1) is 10.1 Å². The molecule has 2 heterocycles. The average Bonchev–Trinajstić information content (AvgIpc) is 3.06. The normalized spacial score (nSPS) is 10.5. The number of carbonyl (C=O) groups is 2. The molecule has 0 saturated carbocycles. The van der Waals surface area contributed by atoms with Crippen LogP contribution in [-0.4, -0.2) is 39.9 Å². The minimum absolute atomic E-state index is 0.0460. The van der Waals surface area contributed by atoms with Gasteiger partial charge in [0.25, 0.3) is 5.91 Å². The predicted molar refractivity (Wildman–Crippen MR) is 98.8 cm³/mol. The van der Waals surface area contributed by atoms with Crippen molar-refractivity contribution in [1.29, 1.82) is 0 Å². The highest BCUT2D eigenvalue weighted by molar-refractivity contribution is 6.07. The van der Waals surface area contributed by atoms with E-state index in [9.17, 15) is 19.7 Å². The number of nitro benzene ring substituents is 1. The third-order valence-electron chi connectivity index (χ3n) is 3.87. The summed E-state index contributed by atoms with van der Waals surface area (Å²) in [6.45, 7) is 1.81. The van der Waals surface area contributed by atoms with Crippen LogP contribution in [-0.2, 0) is 4.74 Å². The topological polar surface area (TPSA) is 125 Å². The van der Waals surface area contributed by atoms with E-state index in [1.54, 1.807) is 31.3 Å². The van der Waals surface area contributed by atoms with Crippen LogP contribution in [0.5, 0.6) is 5.75 Å². The molecule has 0 aliphatic heterocycles. The fourth-order valence-electron chi connectivity index (χ4n) is 2.61. The second-order valence-electron chi connectivity index (χ2n) is 5.56. The predicted octanol–water partition coefficient (Wildman–Crippen LogP) is 2.68. The molecule has 1 amide bonds. The van der Waals surface area contributed by atoms with Crippen molar-refractivity contribution in [2.45, 2.75) is 6.92 Å². The molecular formula is C18H16N4O6. The van der Waals surface area contributed by atoms with E-state index in [-0.39, 0.29) is 35.1 Å². The Morgan fingerprint density at radius 1 is 1.29 bits per heavy atom. The number of rotatable bonds is 6. The number of carbonyl (C=O) groups excluding carboxylic acids is 2. The molecule has 3 rings (SSSR count). The first-order valence-corrected chi connectivity index (χ1v) is 8.24. The number of nitro groups is 1. The number of benzene rings is 1. The van der Waals surface area contributed by atoms with Gasteiger partial charge in [-0.25, -0.2) is 9.78 Å². The number of aromatic nitrogens is 2. The first-order chi connectivity index (χ1) is 13.5. The van der Waals surface area contributed by atoms with Crippen LogP contribution in [0.15, 0.2) is 42.6 Å². The molecule has 2 aromatic heterocycles. The zero-order valence-corrected chi connectivity index (χ0v) is 15.0. The maximum Gasteiger partial charge on any atom is 0.360 e. The maximum absolute atomic E-state index is 12.7. The van der Waals surface area contributed by atoms with E-state index in [0.717, 1.165) is 0 Å². The molecule has 28 heavy (non-hydrogen) atoms. The minimum atomic E-state index is -0.678. The Morgan fingerprint density at radius 3 is 2.75 bits per heavy atom. The molecule has 0 spiro atoms. The summed E-state index contributed by atoms with van der Waals surface area (Å²) in [5.41, 5.74) is 0.251. The molecule has 0 atom stereocenters. The molecule has 10 nitrogen and oxygen atoms in total. The van der Waals surface area contributed by atoms with Crippen LogP contribution in [0.2, 0.25) is 0 Å². The fraction of sp³-hybridized carbons (Fsp3) is 0.167. The third-order valence-corrected chi connectivity index (χ3v) is 3.87. The number of amides is 1. The third kappa shape index (κ3) is 3.47. The van der Waals surface area contributed by atoms with Crippen molar-refractivity contribution in [3.8, 4) is 5.75 Å². The van der Waals surface area contributed by atoms with Gasteiger partial charge in [0.1, 0.15) is 5.65 Å². The van der Waals surface area contributed by atoms with Gasteiger partial charge in [-0.15, -0.1) is 0 Å². The molecular weight excluding hydrogens is 368 g/mol. The van der Waals surface area contributed by atoms with Crippen molar-refractivity contribution in [3.05, 3.63) is 64.0 Å². The lowest BCUT2D eigenvalue weighted by atomic mass is 10.1. The first-order valence-electron chi connectivity index (χ1n) is 8.24. The summed E-state index contributed by atoms with van der Waals surface area (Å²) in [7, 11) is 1.27. The van der Waals surface area contributed by atoms with Crippen LogP contribution in [0.1, 0.15) is 27.8 Å². The van der Waals surface area contributed by atoms with E-state index in [0.29, 0.717) is 5.65 Å². The Kier molecular flexibility index (Phi) is 5.21. The molecule has 144 valence electrons. The van der Waals surface area contributed by atoms with Gasteiger partial charge >= 0.3 is 11.7 Å².